The van der Waals surface area contributed by atoms with Crippen LogP contribution in [0.2, 0.25) is 0 Å². The van der Waals surface area contributed by atoms with E-state index in [0.717, 1.165) is 6.54 Å². The SMILES string of the molecule is CCNCCC(=O)OCC(C)OC(=O)CN. The molecular formula is C10H20N2O4. The van der Waals surface area contributed by atoms with Gasteiger partial charge in [-0.1, -0.05) is 6.92 Å². The summed E-state index contributed by atoms with van der Waals surface area (Å²) in [6.45, 7) is 4.91. The second-order valence-electron chi connectivity index (χ2n) is 3.29. The monoisotopic (exact) mass is 232 g/mol. The van der Waals surface area contributed by atoms with Crippen molar-refractivity contribution in [3.8, 4) is 0 Å². The van der Waals surface area contributed by atoms with E-state index >= 15 is 0 Å². The van der Waals surface area contributed by atoms with E-state index in [9.17, 15) is 9.59 Å². The van der Waals surface area contributed by atoms with Crippen molar-refractivity contribution in [2.45, 2.75) is 26.4 Å². The van der Waals surface area contributed by atoms with Gasteiger partial charge in [-0.15, -0.1) is 0 Å². The lowest BCUT2D eigenvalue weighted by atomic mass is 10.4. The summed E-state index contributed by atoms with van der Waals surface area (Å²) in [4.78, 5) is 21.9. The van der Waals surface area contributed by atoms with E-state index in [2.05, 4.69) is 5.32 Å². The van der Waals surface area contributed by atoms with Crippen LogP contribution >= 0.6 is 0 Å². The summed E-state index contributed by atoms with van der Waals surface area (Å²) in [7, 11) is 0. The molecular weight excluding hydrogens is 212 g/mol. The molecule has 0 heterocycles. The van der Waals surface area contributed by atoms with Gasteiger partial charge in [0.25, 0.3) is 0 Å². The van der Waals surface area contributed by atoms with Gasteiger partial charge in [0.15, 0.2) is 0 Å². The minimum atomic E-state index is -0.504. The number of esters is 2. The van der Waals surface area contributed by atoms with Crippen LogP contribution in [0.15, 0.2) is 0 Å². The third kappa shape index (κ3) is 8.19. The van der Waals surface area contributed by atoms with Gasteiger partial charge in [-0.25, -0.2) is 0 Å². The minimum absolute atomic E-state index is 0.0662. The number of rotatable bonds is 8. The molecule has 6 nitrogen and oxygen atoms in total. The first kappa shape index (κ1) is 14.9. The molecule has 0 aliphatic rings. The highest BCUT2D eigenvalue weighted by Crippen LogP contribution is 1.94. The lowest BCUT2D eigenvalue weighted by molar-refractivity contribution is -0.156. The van der Waals surface area contributed by atoms with Crippen LogP contribution in [-0.4, -0.2) is 44.3 Å². The Morgan fingerprint density at radius 1 is 1.38 bits per heavy atom. The molecule has 0 aromatic rings. The third-order valence-electron chi connectivity index (χ3n) is 1.73. The zero-order valence-electron chi connectivity index (χ0n) is 9.82. The fourth-order valence-electron chi connectivity index (χ4n) is 0.956. The van der Waals surface area contributed by atoms with Gasteiger partial charge in [0, 0.05) is 6.54 Å². The van der Waals surface area contributed by atoms with Crippen molar-refractivity contribution in [3.63, 3.8) is 0 Å². The van der Waals surface area contributed by atoms with Crippen LogP contribution in [0.25, 0.3) is 0 Å². The van der Waals surface area contributed by atoms with E-state index in [4.69, 9.17) is 15.2 Å². The summed E-state index contributed by atoms with van der Waals surface area (Å²) in [6, 6.07) is 0. The highest BCUT2D eigenvalue weighted by Gasteiger charge is 2.10. The molecule has 0 saturated carbocycles. The lowest BCUT2D eigenvalue weighted by Gasteiger charge is -2.12. The Balaban J connectivity index is 3.54. The molecule has 16 heavy (non-hydrogen) atoms. The Hall–Kier alpha value is -1.14. The number of hydrogen-bond acceptors (Lipinski definition) is 6. The molecule has 0 spiro atoms. The zero-order chi connectivity index (χ0) is 12.4. The third-order valence-corrected chi connectivity index (χ3v) is 1.73. The molecule has 1 atom stereocenters. The maximum atomic E-state index is 11.2. The fourth-order valence-corrected chi connectivity index (χ4v) is 0.956. The number of hydrogen-bond donors (Lipinski definition) is 2. The summed E-state index contributed by atoms with van der Waals surface area (Å²) in [5, 5.41) is 3.01. The Morgan fingerprint density at radius 2 is 2.06 bits per heavy atom. The molecule has 0 saturated heterocycles. The first-order valence-corrected chi connectivity index (χ1v) is 5.36. The first-order chi connectivity index (χ1) is 7.60. The average molecular weight is 232 g/mol. The van der Waals surface area contributed by atoms with E-state index < -0.39 is 12.1 Å². The summed E-state index contributed by atoms with van der Waals surface area (Å²) in [5.74, 6) is -0.812. The van der Waals surface area contributed by atoms with Crippen molar-refractivity contribution < 1.29 is 19.1 Å². The fraction of sp³-hybridized carbons (Fsp3) is 0.800. The van der Waals surface area contributed by atoms with Crippen molar-refractivity contribution in [2.24, 2.45) is 5.73 Å². The molecule has 0 fully saturated rings. The molecule has 0 rings (SSSR count). The van der Waals surface area contributed by atoms with Crippen LogP contribution in [0.5, 0.6) is 0 Å². The number of carbonyl (C=O) groups is 2. The Morgan fingerprint density at radius 3 is 2.62 bits per heavy atom. The molecule has 0 radical (unpaired) electrons. The van der Waals surface area contributed by atoms with Gasteiger partial charge in [-0.05, 0) is 13.5 Å². The molecule has 3 N–H and O–H groups in total. The van der Waals surface area contributed by atoms with Gasteiger partial charge < -0.3 is 20.5 Å². The lowest BCUT2D eigenvalue weighted by Crippen LogP contribution is -2.27. The smallest absolute Gasteiger partial charge is 0.320 e. The Kier molecular flexibility index (Phi) is 8.46. The maximum absolute atomic E-state index is 11.2. The van der Waals surface area contributed by atoms with Gasteiger partial charge in [0.05, 0.1) is 13.0 Å². The number of carbonyl (C=O) groups excluding carboxylic acids is 2. The van der Waals surface area contributed by atoms with Crippen LogP contribution in [0.4, 0.5) is 0 Å². The van der Waals surface area contributed by atoms with Crippen molar-refractivity contribution in [1.82, 2.24) is 5.32 Å². The topological polar surface area (TPSA) is 90.6 Å². The van der Waals surface area contributed by atoms with Crippen LogP contribution in [0.1, 0.15) is 20.3 Å². The number of ether oxygens (including phenoxy) is 2. The molecule has 94 valence electrons. The summed E-state index contributed by atoms with van der Waals surface area (Å²) >= 11 is 0. The van der Waals surface area contributed by atoms with Crippen LogP contribution < -0.4 is 11.1 Å². The molecule has 0 aliphatic carbocycles. The van der Waals surface area contributed by atoms with Crippen molar-refractivity contribution in [1.29, 1.82) is 0 Å². The molecule has 0 aromatic carbocycles. The standard InChI is InChI=1S/C10H20N2O4/c1-3-12-5-4-9(13)15-7-8(2)16-10(14)6-11/h8,12H,3-7,11H2,1-2H3. The number of nitrogens with one attached hydrogen (secondary N) is 1. The van der Waals surface area contributed by atoms with Gasteiger partial charge in [0.2, 0.25) is 0 Å². The van der Waals surface area contributed by atoms with Gasteiger partial charge in [-0.3, -0.25) is 9.59 Å². The van der Waals surface area contributed by atoms with Crippen LogP contribution in [0, 0.1) is 0 Å². The summed E-state index contributed by atoms with van der Waals surface area (Å²) in [5.41, 5.74) is 5.07. The molecule has 6 heteroatoms. The molecule has 0 amide bonds. The predicted octanol–water partition coefficient (Wildman–Crippen LogP) is -0.580. The Bertz CT molecular complexity index is 221. The highest BCUT2D eigenvalue weighted by atomic mass is 16.6. The Labute approximate surface area is 95.5 Å². The normalized spacial score (nSPS) is 11.9. The first-order valence-electron chi connectivity index (χ1n) is 5.36. The van der Waals surface area contributed by atoms with Gasteiger partial charge in [-0.2, -0.15) is 0 Å². The zero-order valence-corrected chi connectivity index (χ0v) is 9.82. The van der Waals surface area contributed by atoms with Crippen LogP contribution in [0.3, 0.4) is 0 Å². The highest BCUT2D eigenvalue weighted by molar-refractivity contribution is 5.71. The predicted molar refractivity (Wildman–Crippen MR) is 58.7 cm³/mol. The van der Waals surface area contributed by atoms with Crippen molar-refractivity contribution in [2.75, 3.05) is 26.2 Å². The van der Waals surface area contributed by atoms with E-state index in [1.165, 1.54) is 0 Å². The van der Waals surface area contributed by atoms with Gasteiger partial charge >= 0.3 is 11.9 Å². The summed E-state index contributed by atoms with van der Waals surface area (Å²) in [6.07, 6.45) is -0.148. The summed E-state index contributed by atoms with van der Waals surface area (Å²) < 4.78 is 9.72. The molecule has 1 unspecified atom stereocenters. The van der Waals surface area contributed by atoms with E-state index in [1.54, 1.807) is 6.92 Å². The van der Waals surface area contributed by atoms with E-state index in [-0.39, 0.29) is 19.1 Å². The van der Waals surface area contributed by atoms with Gasteiger partial charge in [0.1, 0.15) is 12.7 Å². The second-order valence-corrected chi connectivity index (χ2v) is 3.29. The molecule has 0 bridgehead atoms. The largest absolute Gasteiger partial charge is 0.462 e. The molecule has 0 aliphatic heterocycles. The van der Waals surface area contributed by atoms with E-state index in [1.807, 2.05) is 6.92 Å². The van der Waals surface area contributed by atoms with E-state index in [0.29, 0.717) is 13.0 Å². The van der Waals surface area contributed by atoms with Crippen LogP contribution in [-0.2, 0) is 19.1 Å². The van der Waals surface area contributed by atoms with Crippen molar-refractivity contribution in [3.05, 3.63) is 0 Å². The average Bonchev–Trinajstić information content (AvgIpc) is 2.26. The maximum Gasteiger partial charge on any atom is 0.320 e. The quantitative estimate of drug-likeness (QED) is 0.430. The second kappa shape index (κ2) is 9.11. The minimum Gasteiger partial charge on any atom is -0.462 e. The van der Waals surface area contributed by atoms with Crippen molar-refractivity contribution >= 4 is 11.9 Å². The number of nitrogens with two attached hydrogens (primary N) is 1. The molecule has 0 aromatic heterocycles.